The number of ether oxygens (including phenoxy) is 1. The number of carbonyl (C=O) groups is 2. The average molecular weight is 321 g/mol. The molecule has 0 unspecified atom stereocenters. The Labute approximate surface area is 135 Å². The van der Waals surface area contributed by atoms with E-state index in [9.17, 15) is 14.7 Å². The SMILES string of the molecule is CNC(=O)CC[C@H]1[C@@H](OC)CCCN1C(=O)c1cncc(O)c1. The molecule has 23 heavy (non-hydrogen) atoms. The van der Waals surface area contributed by atoms with Crippen molar-refractivity contribution in [2.75, 3.05) is 20.7 Å². The maximum Gasteiger partial charge on any atom is 0.255 e. The molecule has 0 spiro atoms. The molecule has 0 bridgehead atoms. The molecular formula is C16H23N3O4. The van der Waals surface area contributed by atoms with E-state index in [1.807, 2.05) is 0 Å². The minimum atomic E-state index is -0.197. The Kier molecular flexibility index (Phi) is 5.92. The number of rotatable bonds is 5. The number of amides is 2. The Morgan fingerprint density at radius 2 is 2.26 bits per heavy atom. The number of pyridine rings is 1. The Balaban J connectivity index is 2.18. The van der Waals surface area contributed by atoms with E-state index in [0.717, 1.165) is 12.8 Å². The molecule has 7 nitrogen and oxygen atoms in total. The fourth-order valence-electron chi connectivity index (χ4n) is 3.01. The number of methoxy groups -OCH3 is 1. The van der Waals surface area contributed by atoms with Gasteiger partial charge in [-0.2, -0.15) is 0 Å². The van der Waals surface area contributed by atoms with Crippen molar-refractivity contribution >= 4 is 11.8 Å². The normalized spacial score (nSPS) is 21.0. The van der Waals surface area contributed by atoms with Crippen LogP contribution < -0.4 is 5.32 Å². The predicted octanol–water partition coefficient (Wildman–Crippen LogP) is 0.933. The summed E-state index contributed by atoms with van der Waals surface area (Å²) in [5.74, 6) is -0.299. The van der Waals surface area contributed by atoms with E-state index in [0.29, 0.717) is 24.9 Å². The zero-order valence-electron chi connectivity index (χ0n) is 13.5. The van der Waals surface area contributed by atoms with Crippen LogP contribution in [0, 0.1) is 0 Å². The van der Waals surface area contributed by atoms with Gasteiger partial charge < -0.3 is 20.1 Å². The second kappa shape index (κ2) is 7.92. The van der Waals surface area contributed by atoms with Crippen LogP contribution in [0.2, 0.25) is 0 Å². The number of likely N-dealkylation sites (tertiary alicyclic amines) is 1. The van der Waals surface area contributed by atoms with Gasteiger partial charge in [0.15, 0.2) is 0 Å². The fraction of sp³-hybridized carbons (Fsp3) is 0.562. The highest BCUT2D eigenvalue weighted by Crippen LogP contribution is 2.26. The predicted molar refractivity (Wildman–Crippen MR) is 84.1 cm³/mol. The number of aromatic nitrogens is 1. The second-order valence-electron chi connectivity index (χ2n) is 5.63. The molecule has 2 heterocycles. The van der Waals surface area contributed by atoms with Crippen LogP contribution in [0.4, 0.5) is 0 Å². The molecule has 1 aliphatic rings. The third-order valence-electron chi connectivity index (χ3n) is 4.20. The van der Waals surface area contributed by atoms with Crippen LogP contribution in [0.1, 0.15) is 36.0 Å². The van der Waals surface area contributed by atoms with Crippen molar-refractivity contribution in [2.24, 2.45) is 0 Å². The third kappa shape index (κ3) is 4.19. The standard InChI is InChI=1S/C16H23N3O4/c1-17-15(21)6-5-13-14(23-2)4-3-7-19(13)16(22)11-8-12(20)10-18-9-11/h8-10,13-14,20H,3-7H2,1-2H3,(H,17,21)/t13-,14-/m0/s1. The summed E-state index contributed by atoms with van der Waals surface area (Å²) in [7, 11) is 3.22. The highest BCUT2D eigenvalue weighted by molar-refractivity contribution is 5.94. The second-order valence-corrected chi connectivity index (χ2v) is 5.63. The molecule has 2 rings (SSSR count). The molecule has 126 valence electrons. The summed E-state index contributed by atoms with van der Waals surface area (Å²) >= 11 is 0. The number of carbonyl (C=O) groups excluding carboxylic acids is 2. The fourth-order valence-corrected chi connectivity index (χ4v) is 3.01. The van der Waals surface area contributed by atoms with Crippen LogP contribution in [-0.2, 0) is 9.53 Å². The minimum Gasteiger partial charge on any atom is -0.506 e. The van der Waals surface area contributed by atoms with Gasteiger partial charge in [0, 0.05) is 33.3 Å². The van der Waals surface area contributed by atoms with Crippen molar-refractivity contribution in [3.63, 3.8) is 0 Å². The third-order valence-corrected chi connectivity index (χ3v) is 4.20. The molecule has 7 heteroatoms. The summed E-state index contributed by atoms with van der Waals surface area (Å²) < 4.78 is 5.52. The van der Waals surface area contributed by atoms with Crippen LogP contribution in [0.5, 0.6) is 5.75 Å². The highest BCUT2D eigenvalue weighted by atomic mass is 16.5. The van der Waals surface area contributed by atoms with E-state index in [-0.39, 0.29) is 29.7 Å². The van der Waals surface area contributed by atoms with Crippen molar-refractivity contribution < 1.29 is 19.4 Å². The first-order valence-corrected chi connectivity index (χ1v) is 7.75. The van der Waals surface area contributed by atoms with E-state index in [1.54, 1.807) is 19.1 Å². The first-order chi connectivity index (χ1) is 11.1. The van der Waals surface area contributed by atoms with Gasteiger partial charge in [-0.1, -0.05) is 0 Å². The topological polar surface area (TPSA) is 91.8 Å². The first kappa shape index (κ1) is 17.2. The quantitative estimate of drug-likeness (QED) is 0.842. The molecule has 0 aromatic carbocycles. The molecule has 1 saturated heterocycles. The number of hydrogen-bond donors (Lipinski definition) is 2. The highest BCUT2D eigenvalue weighted by Gasteiger charge is 2.35. The van der Waals surface area contributed by atoms with Crippen molar-refractivity contribution in [3.05, 3.63) is 24.0 Å². The Bertz CT molecular complexity index is 564. The zero-order chi connectivity index (χ0) is 16.8. The van der Waals surface area contributed by atoms with Gasteiger partial charge in [-0.15, -0.1) is 0 Å². The van der Waals surface area contributed by atoms with Gasteiger partial charge in [0.05, 0.1) is 23.9 Å². The van der Waals surface area contributed by atoms with Crippen molar-refractivity contribution in [1.82, 2.24) is 15.2 Å². The Hall–Kier alpha value is -2.15. The molecule has 0 aliphatic carbocycles. The molecular weight excluding hydrogens is 298 g/mol. The lowest BCUT2D eigenvalue weighted by Crippen LogP contribution is -2.52. The molecule has 1 aromatic rings. The van der Waals surface area contributed by atoms with Gasteiger partial charge in [-0.05, 0) is 25.3 Å². The van der Waals surface area contributed by atoms with Crippen LogP contribution in [0.3, 0.4) is 0 Å². The number of nitrogens with zero attached hydrogens (tertiary/aromatic N) is 2. The first-order valence-electron chi connectivity index (χ1n) is 7.75. The summed E-state index contributed by atoms with van der Waals surface area (Å²) in [6.07, 6.45) is 5.20. The van der Waals surface area contributed by atoms with Crippen molar-refractivity contribution in [2.45, 2.75) is 37.8 Å². The summed E-state index contributed by atoms with van der Waals surface area (Å²) in [6, 6.07) is 1.24. The monoisotopic (exact) mass is 321 g/mol. The molecule has 2 N–H and O–H groups in total. The number of aromatic hydroxyl groups is 1. The van der Waals surface area contributed by atoms with E-state index in [4.69, 9.17) is 4.74 Å². The Morgan fingerprint density at radius 3 is 2.91 bits per heavy atom. The van der Waals surface area contributed by atoms with E-state index in [2.05, 4.69) is 10.3 Å². The average Bonchev–Trinajstić information content (AvgIpc) is 2.58. The number of hydrogen-bond acceptors (Lipinski definition) is 5. The smallest absolute Gasteiger partial charge is 0.255 e. The number of nitrogens with one attached hydrogen (secondary N) is 1. The van der Waals surface area contributed by atoms with Crippen molar-refractivity contribution in [3.8, 4) is 5.75 Å². The van der Waals surface area contributed by atoms with Crippen LogP contribution >= 0.6 is 0 Å². The summed E-state index contributed by atoms with van der Waals surface area (Å²) in [5, 5.41) is 12.1. The van der Waals surface area contributed by atoms with Crippen LogP contribution in [0.15, 0.2) is 18.5 Å². The lowest BCUT2D eigenvalue weighted by molar-refractivity contribution is -0.121. The Morgan fingerprint density at radius 1 is 1.48 bits per heavy atom. The largest absolute Gasteiger partial charge is 0.506 e. The zero-order valence-corrected chi connectivity index (χ0v) is 13.5. The van der Waals surface area contributed by atoms with E-state index >= 15 is 0 Å². The van der Waals surface area contributed by atoms with Crippen LogP contribution in [0.25, 0.3) is 0 Å². The minimum absolute atomic E-state index is 0.0435. The maximum absolute atomic E-state index is 12.8. The summed E-state index contributed by atoms with van der Waals surface area (Å²) in [6.45, 7) is 0.604. The molecule has 1 aliphatic heterocycles. The summed E-state index contributed by atoms with van der Waals surface area (Å²) in [4.78, 5) is 29.9. The molecule has 1 aromatic heterocycles. The van der Waals surface area contributed by atoms with Gasteiger partial charge >= 0.3 is 0 Å². The van der Waals surface area contributed by atoms with Gasteiger partial charge in [0.25, 0.3) is 5.91 Å². The van der Waals surface area contributed by atoms with Gasteiger partial charge in [-0.3, -0.25) is 14.6 Å². The van der Waals surface area contributed by atoms with Gasteiger partial charge in [0.1, 0.15) is 5.75 Å². The number of piperidine rings is 1. The van der Waals surface area contributed by atoms with E-state index < -0.39 is 0 Å². The molecule has 1 fully saturated rings. The summed E-state index contributed by atoms with van der Waals surface area (Å²) in [5.41, 5.74) is 0.340. The van der Waals surface area contributed by atoms with Gasteiger partial charge in [-0.25, -0.2) is 0 Å². The molecule has 0 radical (unpaired) electrons. The molecule has 0 saturated carbocycles. The molecule has 2 amide bonds. The lowest BCUT2D eigenvalue weighted by atomic mass is 9.93. The maximum atomic E-state index is 12.8. The van der Waals surface area contributed by atoms with E-state index in [1.165, 1.54) is 18.5 Å². The van der Waals surface area contributed by atoms with Gasteiger partial charge in [0.2, 0.25) is 5.91 Å². The lowest BCUT2D eigenvalue weighted by Gasteiger charge is -2.40. The van der Waals surface area contributed by atoms with Crippen molar-refractivity contribution in [1.29, 1.82) is 0 Å². The van der Waals surface area contributed by atoms with Crippen LogP contribution in [-0.4, -0.2) is 59.7 Å². The molecule has 2 atom stereocenters.